The van der Waals surface area contributed by atoms with Crippen molar-refractivity contribution in [1.29, 1.82) is 0 Å². The van der Waals surface area contributed by atoms with E-state index in [9.17, 15) is 9.18 Å². The second kappa shape index (κ2) is 11.9. The van der Waals surface area contributed by atoms with Gasteiger partial charge in [0.05, 0.1) is 17.1 Å². The van der Waals surface area contributed by atoms with Crippen LogP contribution in [0.15, 0.2) is 91.4 Å². The molecule has 2 aromatic heterocycles. The van der Waals surface area contributed by atoms with E-state index in [1.54, 1.807) is 30.6 Å². The van der Waals surface area contributed by atoms with Crippen molar-refractivity contribution in [2.45, 2.75) is 6.42 Å². The summed E-state index contributed by atoms with van der Waals surface area (Å²) >= 11 is 6.40. The first kappa shape index (κ1) is 27.7. The Morgan fingerprint density at radius 3 is 2.39 bits per heavy atom. The zero-order valence-corrected chi connectivity index (χ0v) is 24.5. The van der Waals surface area contributed by atoms with E-state index < -0.39 is 0 Å². The molecule has 3 aromatic carbocycles. The quantitative estimate of drug-likeness (QED) is 0.256. The summed E-state index contributed by atoms with van der Waals surface area (Å²) in [6.07, 6.45) is 5.89. The van der Waals surface area contributed by atoms with Crippen molar-refractivity contribution < 1.29 is 9.18 Å². The van der Waals surface area contributed by atoms with Gasteiger partial charge in [0.1, 0.15) is 5.82 Å². The van der Waals surface area contributed by atoms with Crippen LogP contribution in [0.4, 0.5) is 33.3 Å². The Kier molecular flexibility index (Phi) is 7.49. The van der Waals surface area contributed by atoms with Gasteiger partial charge in [-0.25, -0.2) is 24.3 Å². The number of amides is 1. The number of benzene rings is 3. The highest BCUT2D eigenvalue weighted by atomic mass is 35.5. The molecule has 1 saturated heterocycles. The number of nitrogens with one attached hydrogen (secondary N) is 1. The van der Waals surface area contributed by atoms with Crippen LogP contribution >= 0.6 is 11.6 Å². The highest BCUT2D eigenvalue weighted by Crippen LogP contribution is 2.41. The lowest BCUT2D eigenvalue weighted by molar-refractivity contribution is 0.0746. The summed E-state index contributed by atoms with van der Waals surface area (Å²) < 4.78 is 14.9. The first-order valence-corrected chi connectivity index (χ1v) is 14.8. The van der Waals surface area contributed by atoms with Crippen molar-refractivity contribution in [3.8, 4) is 11.3 Å². The summed E-state index contributed by atoms with van der Waals surface area (Å²) in [7, 11) is 0. The molecule has 1 amide bonds. The lowest BCUT2D eigenvalue weighted by Crippen LogP contribution is -2.49. The first-order valence-electron chi connectivity index (χ1n) is 14.4. The van der Waals surface area contributed by atoms with Crippen molar-refractivity contribution >= 4 is 46.5 Å². The zero-order valence-electron chi connectivity index (χ0n) is 23.7. The number of hydrogen-bond acceptors (Lipinski definition) is 8. The summed E-state index contributed by atoms with van der Waals surface area (Å²) in [6.45, 7) is 3.10. The van der Waals surface area contributed by atoms with Crippen LogP contribution < -0.4 is 15.1 Å². The minimum Gasteiger partial charge on any atom is -0.338 e. The molecule has 9 nitrogen and oxygen atoms in total. The second-order valence-corrected chi connectivity index (χ2v) is 11.0. The maximum atomic E-state index is 14.9. The predicted molar refractivity (Wildman–Crippen MR) is 169 cm³/mol. The van der Waals surface area contributed by atoms with Crippen molar-refractivity contribution in [2.24, 2.45) is 0 Å². The van der Waals surface area contributed by atoms with Crippen LogP contribution in [0.1, 0.15) is 15.9 Å². The van der Waals surface area contributed by atoms with E-state index in [2.05, 4.69) is 25.2 Å². The average Bonchev–Trinajstić information content (AvgIpc) is 3.22. The van der Waals surface area contributed by atoms with Crippen molar-refractivity contribution in [2.75, 3.05) is 47.8 Å². The molecular weight excluding hydrogens is 579 g/mol. The number of para-hydroxylation sites is 1. The number of halogens is 2. The molecule has 7 rings (SSSR count). The van der Waals surface area contributed by atoms with Crippen LogP contribution in [0.5, 0.6) is 0 Å². The SMILES string of the molecule is O=C(c1ccc(Nc2ncc3c(n2)-c2ccc(Cl)cc2N(c2ccccc2F)CC3)cc1)N1CCN(c2ncccn2)CC1. The third-order valence-corrected chi connectivity index (χ3v) is 8.14. The summed E-state index contributed by atoms with van der Waals surface area (Å²) in [4.78, 5) is 37.1. The monoisotopic (exact) mass is 606 g/mol. The maximum Gasteiger partial charge on any atom is 0.253 e. The van der Waals surface area contributed by atoms with Crippen LogP contribution in [0.25, 0.3) is 11.3 Å². The Morgan fingerprint density at radius 2 is 1.61 bits per heavy atom. The zero-order chi connectivity index (χ0) is 30.0. The van der Waals surface area contributed by atoms with Crippen LogP contribution in [0.2, 0.25) is 5.02 Å². The Balaban J connectivity index is 1.08. The maximum absolute atomic E-state index is 14.9. The van der Waals surface area contributed by atoms with E-state index in [0.29, 0.717) is 67.3 Å². The number of nitrogens with zero attached hydrogens (tertiary/aromatic N) is 7. The fourth-order valence-electron chi connectivity index (χ4n) is 5.66. The Labute approximate surface area is 259 Å². The van der Waals surface area contributed by atoms with Crippen LogP contribution in [0.3, 0.4) is 0 Å². The van der Waals surface area contributed by atoms with Gasteiger partial charge >= 0.3 is 0 Å². The molecule has 0 bridgehead atoms. The van der Waals surface area contributed by atoms with Gasteiger partial charge in [-0.2, -0.15) is 0 Å². The normalized spacial score (nSPS) is 14.5. The minimum absolute atomic E-state index is 0.0128. The molecule has 0 aliphatic carbocycles. The molecule has 2 aliphatic heterocycles. The summed E-state index contributed by atoms with van der Waals surface area (Å²) in [5, 5.41) is 3.83. The van der Waals surface area contributed by atoms with Crippen molar-refractivity contribution in [1.82, 2.24) is 24.8 Å². The largest absolute Gasteiger partial charge is 0.338 e. The number of anilines is 5. The standard InChI is InChI=1S/C33H28ClFN8O/c34-24-8-11-26-29(20-24)43(28-5-2-1-4-27(28)35)15-12-23-21-38-32(40-30(23)26)39-25-9-6-22(7-10-25)31(44)41-16-18-42(19-17-41)33-36-13-3-14-37-33/h1-11,13-14,20-21H,12,15-19H2,(H,38,39,40). The van der Waals surface area contributed by atoms with Gasteiger partial charge in [0.25, 0.3) is 5.91 Å². The molecule has 2 aliphatic rings. The molecule has 0 spiro atoms. The number of fused-ring (bicyclic) bond motifs is 3. The topological polar surface area (TPSA) is 90.4 Å². The van der Waals surface area contributed by atoms with Gasteiger partial charge in [-0.05, 0) is 72.6 Å². The molecule has 44 heavy (non-hydrogen) atoms. The molecule has 220 valence electrons. The van der Waals surface area contributed by atoms with Crippen LogP contribution in [-0.4, -0.2) is 63.5 Å². The number of hydrogen-bond donors (Lipinski definition) is 1. The Bertz CT molecular complexity index is 1810. The van der Waals surface area contributed by atoms with Gasteiger partial charge in [0.2, 0.25) is 11.9 Å². The molecule has 0 atom stereocenters. The fourth-order valence-corrected chi connectivity index (χ4v) is 5.82. The lowest BCUT2D eigenvalue weighted by atomic mass is 10.0. The molecule has 0 saturated carbocycles. The molecule has 1 fully saturated rings. The van der Waals surface area contributed by atoms with Gasteiger partial charge in [-0.15, -0.1) is 0 Å². The second-order valence-electron chi connectivity index (χ2n) is 10.6. The van der Waals surface area contributed by atoms with Crippen LogP contribution in [-0.2, 0) is 6.42 Å². The molecule has 0 radical (unpaired) electrons. The molecule has 5 aromatic rings. The van der Waals surface area contributed by atoms with Gasteiger partial charge in [0, 0.05) is 73.2 Å². The van der Waals surface area contributed by atoms with Crippen molar-refractivity contribution in [3.63, 3.8) is 0 Å². The van der Waals surface area contributed by atoms with E-state index in [0.717, 1.165) is 28.2 Å². The summed E-state index contributed by atoms with van der Waals surface area (Å²) in [6, 6.07) is 21.4. The average molecular weight is 607 g/mol. The number of aromatic nitrogens is 4. The smallest absolute Gasteiger partial charge is 0.253 e. The summed E-state index contributed by atoms with van der Waals surface area (Å²) in [5.74, 6) is 0.789. The fraction of sp³-hybridized carbons (Fsp3) is 0.182. The van der Waals surface area contributed by atoms with E-state index >= 15 is 0 Å². The van der Waals surface area contributed by atoms with E-state index in [1.165, 1.54) is 6.07 Å². The van der Waals surface area contributed by atoms with Gasteiger partial charge < -0.3 is 20.0 Å². The molecular formula is C33H28ClFN8O. The number of carbonyl (C=O) groups is 1. The highest BCUT2D eigenvalue weighted by Gasteiger charge is 2.26. The number of carbonyl (C=O) groups excluding carboxylic acids is 1. The van der Waals surface area contributed by atoms with Gasteiger partial charge in [0.15, 0.2) is 0 Å². The predicted octanol–water partition coefficient (Wildman–Crippen LogP) is 6.13. The minimum atomic E-state index is -0.302. The number of rotatable bonds is 5. The van der Waals surface area contributed by atoms with Crippen LogP contribution in [0, 0.1) is 5.82 Å². The Hall–Kier alpha value is -5.09. The van der Waals surface area contributed by atoms with Gasteiger partial charge in [-0.1, -0.05) is 23.7 Å². The first-order chi connectivity index (χ1) is 21.5. The third-order valence-electron chi connectivity index (χ3n) is 7.91. The lowest BCUT2D eigenvalue weighted by Gasteiger charge is -2.34. The molecule has 4 heterocycles. The Morgan fingerprint density at radius 1 is 0.841 bits per heavy atom. The van der Waals surface area contributed by atoms with E-state index in [4.69, 9.17) is 16.6 Å². The van der Waals surface area contributed by atoms with E-state index in [1.807, 2.05) is 64.5 Å². The molecule has 11 heteroatoms. The molecule has 0 unspecified atom stereocenters. The van der Waals surface area contributed by atoms with E-state index in [-0.39, 0.29) is 11.7 Å². The summed E-state index contributed by atoms with van der Waals surface area (Å²) in [5.41, 5.74) is 5.20. The van der Waals surface area contributed by atoms with Gasteiger partial charge in [-0.3, -0.25) is 4.79 Å². The highest BCUT2D eigenvalue weighted by molar-refractivity contribution is 6.31. The third kappa shape index (κ3) is 5.51. The number of piperazine rings is 1. The van der Waals surface area contributed by atoms with Crippen molar-refractivity contribution in [3.05, 3.63) is 113 Å². The molecule has 1 N–H and O–H groups in total.